The minimum Gasteiger partial charge on any atom is -0.493 e. The lowest BCUT2D eigenvalue weighted by molar-refractivity contribution is -0.124. The molecule has 2 fully saturated rings. The molecule has 1 heterocycles. The lowest BCUT2D eigenvalue weighted by Crippen LogP contribution is -2.40. The van der Waals surface area contributed by atoms with Crippen molar-refractivity contribution >= 4 is 34.6 Å². The number of amidine groups is 1. The van der Waals surface area contributed by atoms with Crippen molar-refractivity contribution in [1.29, 1.82) is 0 Å². The van der Waals surface area contributed by atoms with Crippen molar-refractivity contribution < 1.29 is 9.53 Å². The summed E-state index contributed by atoms with van der Waals surface area (Å²) in [4.78, 5) is 21.0. The van der Waals surface area contributed by atoms with Gasteiger partial charge in [0.2, 0.25) is 0 Å². The predicted octanol–water partition coefficient (Wildman–Crippen LogP) is 6.97. The highest BCUT2D eigenvalue weighted by Crippen LogP contribution is 2.38. The summed E-state index contributed by atoms with van der Waals surface area (Å²) in [5.41, 5.74) is 3.09. The lowest BCUT2D eigenvalue weighted by Gasteiger charge is -2.30. The number of ether oxygens (including phenoxy) is 1. The smallest absolute Gasteiger partial charge is 0.267 e. The van der Waals surface area contributed by atoms with E-state index in [-0.39, 0.29) is 11.9 Å². The van der Waals surface area contributed by atoms with Crippen molar-refractivity contribution in [2.24, 2.45) is 10.9 Å². The predicted molar refractivity (Wildman–Crippen MR) is 134 cm³/mol. The van der Waals surface area contributed by atoms with Crippen LogP contribution in [0.15, 0.2) is 58.4 Å². The summed E-state index contributed by atoms with van der Waals surface area (Å²) in [6.07, 6.45) is 7.68. The highest BCUT2D eigenvalue weighted by atomic mass is 32.2. The van der Waals surface area contributed by atoms with Crippen LogP contribution in [0.5, 0.6) is 5.75 Å². The Labute approximate surface area is 195 Å². The van der Waals surface area contributed by atoms with Crippen LogP contribution in [0.4, 0.5) is 5.69 Å². The monoisotopic (exact) mass is 448 g/mol. The molecule has 2 aromatic carbocycles. The third kappa shape index (κ3) is 5.63. The van der Waals surface area contributed by atoms with E-state index in [1.54, 1.807) is 0 Å². The first-order chi connectivity index (χ1) is 15.5. The maximum absolute atomic E-state index is 13.4. The van der Waals surface area contributed by atoms with Crippen molar-refractivity contribution in [3.63, 3.8) is 0 Å². The van der Waals surface area contributed by atoms with E-state index in [0.717, 1.165) is 39.9 Å². The molecule has 1 aliphatic carbocycles. The first-order valence-electron chi connectivity index (χ1n) is 11.6. The summed E-state index contributed by atoms with van der Waals surface area (Å²) in [6.45, 7) is 7.04. The van der Waals surface area contributed by atoms with Crippen molar-refractivity contribution in [3.05, 3.63) is 64.6 Å². The molecule has 1 saturated carbocycles. The standard InChI is InChI=1S/C27H32N2O2S/c1-19(2)18-31-24-15-11-21(12-16-24)17-25-26(30)29(23-7-5-4-6-8-23)27(32-25)28-22-13-9-20(3)10-14-22/h9-17,19,23H,4-8,18H2,1-3H3/b25-17+,28-27?. The highest BCUT2D eigenvalue weighted by Gasteiger charge is 2.38. The van der Waals surface area contributed by atoms with Gasteiger partial charge >= 0.3 is 0 Å². The molecule has 0 bridgehead atoms. The molecule has 5 heteroatoms. The van der Waals surface area contributed by atoms with Crippen LogP contribution in [0, 0.1) is 12.8 Å². The number of benzene rings is 2. The summed E-state index contributed by atoms with van der Waals surface area (Å²) < 4.78 is 5.78. The van der Waals surface area contributed by atoms with Gasteiger partial charge < -0.3 is 4.74 Å². The van der Waals surface area contributed by atoms with Gasteiger partial charge in [0.1, 0.15) is 5.75 Å². The zero-order valence-corrected chi connectivity index (χ0v) is 20.0. The molecule has 0 aromatic heterocycles. The quantitative estimate of drug-likeness (QED) is 0.448. The van der Waals surface area contributed by atoms with Gasteiger partial charge in [0, 0.05) is 6.04 Å². The largest absolute Gasteiger partial charge is 0.493 e. The number of carbonyl (C=O) groups is 1. The number of carbonyl (C=O) groups excluding carboxylic acids is 1. The Kier molecular flexibility index (Phi) is 7.36. The average Bonchev–Trinajstić information content (AvgIpc) is 3.10. The first kappa shape index (κ1) is 22.7. The molecule has 2 aromatic rings. The van der Waals surface area contributed by atoms with Crippen LogP contribution < -0.4 is 4.74 Å². The van der Waals surface area contributed by atoms with Crippen molar-refractivity contribution in [1.82, 2.24) is 4.90 Å². The fourth-order valence-electron chi connectivity index (χ4n) is 4.03. The van der Waals surface area contributed by atoms with Crippen LogP contribution in [-0.2, 0) is 4.79 Å². The van der Waals surface area contributed by atoms with Crippen LogP contribution in [0.25, 0.3) is 6.08 Å². The first-order valence-corrected chi connectivity index (χ1v) is 12.4. The van der Waals surface area contributed by atoms with Crippen LogP contribution in [0.3, 0.4) is 0 Å². The molecule has 1 aliphatic heterocycles. The Hall–Kier alpha value is -2.53. The molecule has 0 N–H and O–H groups in total. The Morgan fingerprint density at radius 2 is 1.75 bits per heavy atom. The molecule has 0 unspecified atom stereocenters. The Bertz CT molecular complexity index is 987. The molecule has 4 rings (SSSR count). The van der Waals surface area contributed by atoms with Crippen LogP contribution in [-0.4, -0.2) is 28.6 Å². The number of rotatable bonds is 6. The normalized spacial score (nSPS) is 20.0. The van der Waals surface area contributed by atoms with Gasteiger partial charge in [0.25, 0.3) is 5.91 Å². The molecule has 0 radical (unpaired) electrons. The van der Waals surface area contributed by atoms with Gasteiger partial charge in [-0.15, -0.1) is 0 Å². The van der Waals surface area contributed by atoms with Gasteiger partial charge in [-0.2, -0.15) is 0 Å². The highest BCUT2D eigenvalue weighted by molar-refractivity contribution is 8.18. The molecule has 2 aliphatic rings. The molecule has 32 heavy (non-hydrogen) atoms. The third-order valence-electron chi connectivity index (χ3n) is 5.80. The fourth-order valence-corrected chi connectivity index (χ4v) is 5.09. The average molecular weight is 449 g/mol. The number of amides is 1. The summed E-state index contributed by atoms with van der Waals surface area (Å²) >= 11 is 1.49. The Morgan fingerprint density at radius 3 is 2.41 bits per heavy atom. The SMILES string of the molecule is Cc1ccc(N=C2S/C(=C/c3ccc(OCC(C)C)cc3)C(=O)N2C2CCCCC2)cc1. The minimum absolute atomic E-state index is 0.0768. The van der Waals surface area contributed by atoms with Crippen LogP contribution >= 0.6 is 11.8 Å². The second-order valence-corrected chi connectivity index (χ2v) is 10.1. The lowest BCUT2D eigenvalue weighted by atomic mass is 9.94. The van der Waals surface area contributed by atoms with Gasteiger partial charge in [-0.1, -0.05) is 62.9 Å². The van der Waals surface area contributed by atoms with Gasteiger partial charge in [-0.3, -0.25) is 9.69 Å². The van der Waals surface area contributed by atoms with Gasteiger partial charge in [0.15, 0.2) is 5.17 Å². The molecule has 0 atom stereocenters. The topological polar surface area (TPSA) is 41.9 Å². The van der Waals surface area contributed by atoms with E-state index in [4.69, 9.17) is 9.73 Å². The van der Waals surface area contributed by atoms with E-state index in [1.165, 1.54) is 36.6 Å². The van der Waals surface area contributed by atoms with E-state index in [0.29, 0.717) is 12.5 Å². The van der Waals surface area contributed by atoms with Crippen LogP contribution in [0.2, 0.25) is 0 Å². The number of nitrogens with zero attached hydrogens (tertiary/aromatic N) is 2. The third-order valence-corrected chi connectivity index (χ3v) is 6.78. The zero-order chi connectivity index (χ0) is 22.5. The molecule has 1 saturated heterocycles. The van der Waals surface area contributed by atoms with E-state index in [1.807, 2.05) is 47.4 Å². The maximum Gasteiger partial charge on any atom is 0.267 e. The van der Waals surface area contributed by atoms with E-state index in [2.05, 4.69) is 32.9 Å². The van der Waals surface area contributed by atoms with E-state index < -0.39 is 0 Å². The summed E-state index contributed by atoms with van der Waals surface area (Å²) in [7, 11) is 0. The second-order valence-electron chi connectivity index (χ2n) is 9.08. The summed E-state index contributed by atoms with van der Waals surface area (Å²) in [5.74, 6) is 1.42. The molecule has 1 amide bonds. The van der Waals surface area contributed by atoms with E-state index in [9.17, 15) is 4.79 Å². The fraction of sp³-hybridized carbons (Fsp3) is 0.407. The molecule has 0 spiro atoms. The number of aliphatic imine (C=N–C) groups is 1. The van der Waals surface area contributed by atoms with E-state index >= 15 is 0 Å². The molecular weight excluding hydrogens is 416 g/mol. The molecular formula is C27H32N2O2S. The number of thioether (sulfide) groups is 1. The Morgan fingerprint density at radius 1 is 1.06 bits per heavy atom. The minimum atomic E-state index is 0.0768. The van der Waals surface area contributed by atoms with Gasteiger partial charge in [0.05, 0.1) is 17.2 Å². The summed E-state index contributed by atoms with van der Waals surface area (Å²) in [6, 6.07) is 16.4. The number of hydrogen-bond acceptors (Lipinski definition) is 4. The summed E-state index contributed by atoms with van der Waals surface area (Å²) in [5, 5.41) is 0.800. The molecule has 168 valence electrons. The van der Waals surface area contributed by atoms with Gasteiger partial charge in [-0.25, -0.2) is 4.99 Å². The second kappa shape index (κ2) is 10.4. The van der Waals surface area contributed by atoms with Gasteiger partial charge in [-0.05, 0) is 73.4 Å². The maximum atomic E-state index is 13.4. The van der Waals surface area contributed by atoms with Crippen molar-refractivity contribution in [2.75, 3.05) is 6.61 Å². The Balaban J connectivity index is 1.59. The number of hydrogen-bond donors (Lipinski definition) is 0. The van der Waals surface area contributed by atoms with Crippen molar-refractivity contribution in [2.45, 2.75) is 58.9 Å². The number of aryl methyl sites for hydroxylation is 1. The van der Waals surface area contributed by atoms with Crippen molar-refractivity contribution in [3.8, 4) is 5.75 Å². The molecule has 4 nitrogen and oxygen atoms in total. The zero-order valence-electron chi connectivity index (χ0n) is 19.2. The van der Waals surface area contributed by atoms with Crippen LogP contribution in [0.1, 0.15) is 57.1 Å².